The van der Waals surface area contributed by atoms with Gasteiger partial charge in [0.1, 0.15) is 0 Å². The number of carboxylic acids is 1. The normalized spacial score (nSPS) is 21.3. The third-order valence-corrected chi connectivity index (χ3v) is 2.96. The predicted octanol–water partition coefficient (Wildman–Crippen LogP) is 1.53. The van der Waals surface area contributed by atoms with Gasteiger partial charge in [-0.2, -0.15) is 0 Å². The van der Waals surface area contributed by atoms with Crippen molar-refractivity contribution in [3.63, 3.8) is 0 Å². The molecule has 4 heteroatoms. The van der Waals surface area contributed by atoms with E-state index in [0.717, 1.165) is 18.7 Å². The van der Waals surface area contributed by atoms with Gasteiger partial charge in [0.15, 0.2) is 0 Å². The standard InChI is InChI=1S/C13H17NO3/c15-13(16)6-7-14-8-9-17-12(10-14)11-4-2-1-3-5-11/h1-5,12H,6-10H2,(H,15,16)/t12-/m0/s1. The second-order valence-corrected chi connectivity index (χ2v) is 4.21. The van der Waals surface area contributed by atoms with E-state index < -0.39 is 5.97 Å². The smallest absolute Gasteiger partial charge is 0.304 e. The van der Waals surface area contributed by atoms with Crippen LogP contribution >= 0.6 is 0 Å². The van der Waals surface area contributed by atoms with Gasteiger partial charge in [-0.25, -0.2) is 0 Å². The molecule has 1 aromatic rings. The Balaban J connectivity index is 1.91. The highest BCUT2D eigenvalue weighted by Crippen LogP contribution is 2.21. The average molecular weight is 235 g/mol. The largest absolute Gasteiger partial charge is 0.481 e. The topological polar surface area (TPSA) is 49.8 Å². The Hall–Kier alpha value is -1.39. The van der Waals surface area contributed by atoms with Crippen molar-refractivity contribution < 1.29 is 14.6 Å². The molecule has 1 N–H and O–H groups in total. The summed E-state index contributed by atoms with van der Waals surface area (Å²) in [5.74, 6) is -0.743. The number of nitrogens with zero attached hydrogens (tertiary/aromatic N) is 1. The number of benzene rings is 1. The van der Waals surface area contributed by atoms with Crippen molar-refractivity contribution in [3.05, 3.63) is 35.9 Å². The van der Waals surface area contributed by atoms with Crippen molar-refractivity contribution >= 4 is 5.97 Å². The van der Waals surface area contributed by atoms with Gasteiger partial charge < -0.3 is 9.84 Å². The molecule has 92 valence electrons. The molecule has 1 aliphatic rings. The molecular formula is C13H17NO3. The maximum Gasteiger partial charge on any atom is 0.304 e. The quantitative estimate of drug-likeness (QED) is 0.860. The molecule has 2 rings (SSSR count). The first kappa shape index (κ1) is 12.1. The third-order valence-electron chi connectivity index (χ3n) is 2.96. The number of carbonyl (C=O) groups is 1. The SMILES string of the molecule is O=C(O)CCN1CCO[C@H](c2ccccc2)C1. The number of morpholine rings is 1. The van der Waals surface area contributed by atoms with E-state index in [2.05, 4.69) is 4.90 Å². The maximum absolute atomic E-state index is 10.5. The number of aliphatic carboxylic acids is 1. The summed E-state index contributed by atoms with van der Waals surface area (Å²) in [6.45, 7) is 2.86. The Morgan fingerprint density at radius 1 is 1.41 bits per heavy atom. The molecule has 0 aromatic heterocycles. The highest BCUT2D eigenvalue weighted by molar-refractivity contribution is 5.66. The van der Waals surface area contributed by atoms with E-state index in [0.29, 0.717) is 13.2 Å². The lowest BCUT2D eigenvalue weighted by Crippen LogP contribution is -2.39. The number of carboxylic acid groups (broad SMARTS) is 1. The van der Waals surface area contributed by atoms with E-state index in [-0.39, 0.29) is 12.5 Å². The zero-order valence-corrected chi connectivity index (χ0v) is 9.71. The molecule has 1 atom stereocenters. The Kier molecular flexibility index (Phi) is 4.12. The molecule has 1 heterocycles. The fraction of sp³-hybridized carbons (Fsp3) is 0.462. The molecule has 0 unspecified atom stereocenters. The summed E-state index contributed by atoms with van der Waals surface area (Å²) in [4.78, 5) is 12.7. The lowest BCUT2D eigenvalue weighted by Gasteiger charge is -2.32. The Morgan fingerprint density at radius 3 is 2.88 bits per heavy atom. The molecule has 0 bridgehead atoms. The first-order chi connectivity index (χ1) is 8.25. The van der Waals surface area contributed by atoms with Crippen LogP contribution in [0.4, 0.5) is 0 Å². The van der Waals surface area contributed by atoms with Crippen LogP contribution in [-0.2, 0) is 9.53 Å². The third kappa shape index (κ3) is 3.54. The van der Waals surface area contributed by atoms with Crippen LogP contribution in [0.3, 0.4) is 0 Å². The fourth-order valence-corrected chi connectivity index (χ4v) is 2.03. The van der Waals surface area contributed by atoms with Crippen molar-refractivity contribution in [2.24, 2.45) is 0 Å². The maximum atomic E-state index is 10.5. The Morgan fingerprint density at radius 2 is 2.18 bits per heavy atom. The van der Waals surface area contributed by atoms with Crippen molar-refractivity contribution in [1.82, 2.24) is 4.90 Å². The first-order valence-corrected chi connectivity index (χ1v) is 5.86. The Labute approximate surface area is 101 Å². The summed E-state index contributed by atoms with van der Waals surface area (Å²) in [6.07, 6.45) is 0.264. The summed E-state index contributed by atoms with van der Waals surface area (Å²) in [7, 11) is 0. The van der Waals surface area contributed by atoms with E-state index in [1.165, 1.54) is 0 Å². The lowest BCUT2D eigenvalue weighted by atomic mass is 10.1. The minimum Gasteiger partial charge on any atom is -0.481 e. The molecule has 17 heavy (non-hydrogen) atoms. The molecule has 0 saturated carbocycles. The summed E-state index contributed by atoms with van der Waals surface area (Å²) >= 11 is 0. The van der Waals surface area contributed by atoms with Crippen LogP contribution in [0.15, 0.2) is 30.3 Å². The van der Waals surface area contributed by atoms with E-state index in [4.69, 9.17) is 9.84 Å². The number of hydrogen-bond acceptors (Lipinski definition) is 3. The van der Waals surface area contributed by atoms with Crippen LogP contribution in [0.2, 0.25) is 0 Å². The van der Waals surface area contributed by atoms with E-state index in [1.807, 2.05) is 30.3 Å². The van der Waals surface area contributed by atoms with Crippen molar-refractivity contribution in [3.8, 4) is 0 Å². The molecule has 1 fully saturated rings. The fourth-order valence-electron chi connectivity index (χ4n) is 2.03. The van der Waals surface area contributed by atoms with Gasteiger partial charge in [-0.3, -0.25) is 9.69 Å². The summed E-state index contributed by atoms with van der Waals surface area (Å²) < 4.78 is 5.71. The highest BCUT2D eigenvalue weighted by Gasteiger charge is 2.21. The van der Waals surface area contributed by atoms with Gasteiger partial charge in [0.25, 0.3) is 0 Å². The van der Waals surface area contributed by atoms with Crippen LogP contribution in [0.1, 0.15) is 18.1 Å². The van der Waals surface area contributed by atoms with Crippen LogP contribution < -0.4 is 0 Å². The monoisotopic (exact) mass is 235 g/mol. The second kappa shape index (κ2) is 5.80. The molecule has 1 saturated heterocycles. The Bertz CT molecular complexity index is 366. The zero-order chi connectivity index (χ0) is 12.1. The number of hydrogen-bond donors (Lipinski definition) is 1. The van der Waals surface area contributed by atoms with Gasteiger partial charge in [0.05, 0.1) is 19.1 Å². The van der Waals surface area contributed by atoms with Gasteiger partial charge in [0, 0.05) is 19.6 Å². The van der Waals surface area contributed by atoms with Crippen molar-refractivity contribution in [2.75, 3.05) is 26.2 Å². The predicted molar refractivity (Wildman–Crippen MR) is 63.8 cm³/mol. The van der Waals surface area contributed by atoms with Crippen LogP contribution in [0.25, 0.3) is 0 Å². The molecule has 0 radical (unpaired) electrons. The van der Waals surface area contributed by atoms with Gasteiger partial charge in [-0.05, 0) is 5.56 Å². The number of ether oxygens (including phenoxy) is 1. The second-order valence-electron chi connectivity index (χ2n) is 4.21. The molecular weight excluding hydrogens is 218 g/mol. The molecule has 4 nitrogen and oxygen atoms in total. The minimum absolute atomic E-state index is 0.0683. The van der Waals surface area contributed by atoms with E-state index >= 15 is 0 Å². The molecule has 0 amide bonds. The highest BCUT2D eigenvalue weighted by atomic mass is 16.5. The molecule has 1 aromatic carbocycles. The summed E-state index contributed by atoms with van der Waals surface area (Å²) in [6, 6.07) is 10.1. The van der Waals surface area contributed by atoms with Gasteiger partial charge >= 0.3 is 5.97 Å². The summed E-state index contributed by atoms with van der Waals surface area (Å²) in [5, 5.41) is 8.67. The average Bonchev–Trinajstić information content (AvgIpc) is 2.38. The zero-order valence-electron chi connectivity index (χ0n) is 9.71. The van der Waals surface area contributed by atoms with E-state index in [9.17, 15) is 4.79 Å². The van der Waals surface area contributed by atoms with Gasteiger partial charge in [0.2, 0.25) is 0 Å². The van der Waals surface area contributed by atoms with Crippen LogP contribution in [-0.4, -0.2) is 42.2 Å². The first-order valence-electron chi connectivity index (χ1n) is 5.86. The van der Waals surface area contributed by atoms with Crippen LogP contribution in [0, 0.1) is 0 Å². The lowest BCUT2D eigenvalue weighted by molar-refractivity contribution is -0.137. The van der Waals surface area contributed by atoms with Crippen molar-refractivity contribution in [2.45, 2.75) is 12.5 Å². The molecule has 0 aliphatic carbocycles. The van der Waals surface area contributed by atoms with Crippen LogP contribution in [0.5, 0.6) is 0 Å². The van der Waals surface area contributed by atoms with Crippen molar-refractivity contribution in [1.29, 1.82) is 0 Å². The van der Waals surface area contributed by atoms with E-state index in [1.54, 1.807) is 0 Å². The van der Waals surface area contributed by atoms with Gasteiger partial charge in [-0.15, -0.1) is 0 Å². The molecule has 1 aliphatic heterocycles. The number of rotatable bonds is 4. The summed E-state index contributed by atoms with van der Waals surface area (Å²) in [5.41, 5.74) is 1.16. The minimum atomic E-state index is -0.743. The molecule has 0 spiro atoms. The van der Waals surface area contributed by atoms with Gasteiger partial charge in [-0.1, -0.05) is 30.3 Å².